The third-order valence-corrected chi connectivity index (χ3v) is 2.08. The van der Waals surface area contributed by atoms with Crippen LogP contribution >= 0.6 is 0 Å². The molecule has 0 fully saturated rings. The van der Waals surface area contributed by atoms with Crippen molar-refractivity contribution in [1.29, 1.82) is 5.26 Å². The average Bonchev–Trinajstić information content (AvgIpc) is 2.62. The van der Waals surface area contributed by atoms with Crippen LogP contribution in [-0.4, -0.2) is 34.2 Å². The van der Waals surface area contributed by atoms with Crippen LogP contribution in [0, 0.1) is 11.3 Å². The first kappa shape index (κ1) is 11.0. The maximum absolute atomic E-state index is 11.7. The largest absolute Gasteiger partial charge is 0.379 e. The van der Waals surface area contributed by atoms with E-state index in [1.807, 2.05) is 6.07 Å². The number of amides is 1. The number of aromatic nitrogens is 2. The molecule has 0 saturated heterocycles. The lowest BCUT2D eigenvalue weighted by atomic mass is 10.2. The van der Waals surface area contributed by atoms with Gasteiger partial charge >= 0.3 is 0 Å². The number of carbonyl (C=O) groups excluding carboxylic acids is 1. The highest BCUT2D eigenvalue weighted by Crippen LogP contribution is 2.10. The van der Waals surface area contributed by atoms with Crippen LogP contribution < -0.4 is 5.73 Å². The summed E-state index contributed by atoms with van der Waals surface area (Å²) in [6, 6.07) is 1.77. The van der Waals surface area contributed by atoms with Crippen LogP contribution in [0.25, 0.3) is 0 Å². The zero-order valence-electron chi connectivity index (χ0n) is 8.47. The molecule has 7 nitrogen and oxygen atoms in total. The van der Waals surface area contributed by atoms with Crippen molar-refractivity contribution in [3.63, 3.8) is 0 Å². The monoisotopic (exact) mass is 209 g/mol. The van der Waals surface area contributed by atoms with Crippen molar-refractivity contribution < 1.29 is 9.42 Å². The maximum Gasteiger partial charge on any atom is 0.280 e. The number of hydrogen-bond donors (Lipinski definition) is 1. The van der Waals surface area contributed by atoms with E-state index in [1.54, 1.807) is 14.0 Å². The van der Waals surface area contributed by atoms with Gasteiger partial charge in [-0.2, -0.15) is 5.26 Å². The molecule has 0 radical (unpaired) electrons. The summed E-state index contributed by atoms with van der Waals surface area (Å²) in [5.41, 5.74) is 5.35. The minimum Gasteiger partial charge on any atom is -0.379 e. The molecule has 0 aliphatic heterocycles. The SMILES string of the molecule is CC(CC#N)N(C)C(=O)c1nonc1N. The molecule has 1 unspecified atom stereocenters. The van der Waals surface area contributed by atoms with Crippen molar-refractivity contribution in [3.8, 4) is 6.07 Å². The zero-order valence-corrected chi connectivity index (χ0v) is 8.47. The van der Waals surface area contributed by atoms with Gasteiger partial charge in [0.1, 0.15) is 0 Å². The lowest BCUT2D eigenvalue weighted by Crippen LogP contribution is -2.35. The van der Waals surface area contributed by atoms with E-state index in [0.717, 1.165) is 0 Å². The summed E-state index contributed by atoms with van der Waals surface area (Å²) < 4.78 is 4.32. The van der Waals surface area contributed by atoms with Gasteiger partial charge in [-0.15, -0.1) is 0 Å². The van der Waals surface area contributed by atoms with Gasteiger partial charge < -0.3 is 10.6 Å². The van der Waals surface area contributed by atoms with Gasteiger partial charge in [0.15, 0.2) is 0 Å². The molecule has 80 valence electrons. The van der Waals surface area contributed by atoms with Crippen molar-refractivity contribution in [3.05, 3.63) is 5.69 Å². The Hall–Kier alpha value is -2.10. The number of rotatable bonds is 3. The Labute approximate surface area is 86.4 Å². The fraction of sp³-hybridized carbons (Fsp3) is 0.500. The molecule has 2 N–H and O–H groups in total. The lowest BCUT2D eigenvalue weighted by molar-refractivity contribution is 0.0736. The summed E-state index contributed by atoms with van der Waals surface area (Å²) in [5.74, 6) is -0.451. The standard InChI is InChI=1S/C8H11N5O2/c1-5(3-4-9)13(2)8(14)6-7(10)12-15-11-6/h5H,3H2,1-2H3,(H2,10,12). The number of nitrogens with zero attached hydrogens (tertiary/aromatic N) is 4. The number of nitrogen functional groups attached to an aromatic ring is 1. The maximum atomic E-state index is 11.7. The molecular formula is C8H11N5O2. The summed E-state index contributed by atoms with van der Waals surface area (Å²) in [6.45, 7) is 1.75. The molecule has 7 heteroatoms. The summed E-state index contributed by atoms with van der Waals surface area (Å²) in [6.07, 6.45) is 0.243. The van der Waals surface area contributed by atoms with Crippen molar-refractivity contribution in [2.75, 3.05) is 12.8 Å². The first-order chi connectivity index (χ1) is 7.07. The van der Waals surface area contributed by atoms with E-state index in [9.17, 15) is 4.79 Å². The van der Waals surface area contributed by atoms with E-state index in [1.165, 1.54) is 4.90 Å². The van der Waals surface area contributed by atoms with E-state index in [0.29, 0.717) is 0 Å². The van der Waals surface area contributed by atoms with Crippen molar-refractivity contribution in [2.45, 2.75) is 19.4 Å². The lowest BCUT2D eigenvalue weighted by Gasteiger charge is -2.21. The molecule has 0 spiro atoms. The van der Waals surface area contributed by atoms with Crippen molar-refractivity contribution >= 4 is 11.7 Å². The molecule has 0 aromatic carbocycles. The predicted octanol–water partition coefficient (Wildman–Crippen LogP) is 0.0260. The molecule has 1 amide bonds. The Morgan fingerprint density at radius 2 is 2.40 bits per heavy atom. The van der Waals surface area contributed by atoms with Crippen LogP contribution in [0.15, 0.2) is 4.63 Å². The first-order valence-corrected chi connectivity index (χ1v) is 4.30. The highest BCUT2D eigenvalue weighted by atomic mass is 16.6. The molecular weight excluding hydrogens is 198 g/mol. The number of nitrogens with two attached hydrogens (primary N) is 1. The Morgan fingerprint density at radius 1 is 1.73 bits per heavy atom. The second-order valence-corrected chi connectivity index (χ2v) is 3.13. The highest BCUT2D eigenvalue weighted by molar-refractivity contribution is 5.96. The van der Waals surface area contributed by atoms with Gasteiger partial charge in [0, 0.05) is 13.1 Å². The van der Waals surface area contributed by atoms with Gasteiger partial charge in [0.2, 0.25) is 11.5 Å². The molecule has 1 rings (SSSR count). The van der Waals surface area contributed by atoms with Gasteiger partial charge in [-0.05, 0) is 17.2 Å². The summed E-state index contributed by atoms with van der Waals surface area (Å²) in [5, 5.41) is 15.2. The Morgan fingerprint density at radius 3 is 2.87 bits per heavy atom. The minimum atomic E-state index is -0.406. The van der Waals surface area contributed by atoms with Crippen LogP contribution in [0.4, 0.5) is 5.82 Å². The van der Waals surface area contributed by atoms with E-state index >= 15 is 0 Å². The molecule has 1 heterocycles. The Kier molecular flexibility index (Phi) is 3.23. The summed E-state index contributed by atoms with van der Waals surface area (Å²) in [4.78, 5) is 13.1. The Bertz CT molecular complexity index is 394. The van der Waals surface area contributed by atoms with Gasteiger partial charge in [-0.3, -0.25) is 4.79 Å². The molecule has 0 aliphatic rings. The molecule has 0 saturated carbocycles. The van der Waals surface area contributed by atoms with Gasteiger partial charge in [-0.1, -0.05) is 0 Å². The molecule has 0 aliphatic carbocycles. The van der Waals surface area contributed by atoms with E-state index in [-0.39, 0.29) is 24.0 Å². The van der Waals surface area contributed by atoms with Crippen LogP contribution in [0.5, 0.6) is 0 Å². The third-order valence-electron chi connectivity index (χ3n) is 2.08. The molecule has 15 heavy (non-hydrogen) atoms. The quantitative estimate of drug-likeness (QED) is 0.751. The van der Waals surface area contributed by atoms with Gasteiger partial charge in [0.05, 0.1) is 12.5 Å². The van der Waals surface area contributed by atoms with Gasteiger partial charge in [-0.25, -0.2) is 4.63 Å². The number of anilines is 1. The van der Waals surface area contributed by atoms with Crippen LogP contribution in [-0.2, 0) is 0 Å². The predicted molar refractivity (Wildman–Crippen MR) is 50.5 cm³/mol. The zero-order chi connectivity index (χ0) is 11.4. The van der Waals surface area contributed by atoms with Crippen LogP contribution in [0.1, 0.15) is 23.8 Å². The molecule has 1 aromatic rings. The summed E-state index contributed by atoms with van der Waals surface area (Å²) in [7, 11) is 1.57. The van der Waals surface area contributed by atoms with Crippen LogP contribution in [0.2, 0.25) is 0 Å². The minimum absolute atomic E-state index is 0.0257. The fourth-order valence-corrected chi connectivity index (χ4v) is 0.980. The van der Waals surface area contributed by atoms with Gasteiger partial charge in [0.25, 0.3) is 5.91 Å². The smallest absolute Gasteiger partial charge is 0.280 e. The average molecular weight is 209 g/mol. The highest BCUT2D eigenvalue weighted by Gasteiger charge is 2.23. The molecule has 1 atom stereocenters. The molecule has 0 bridgehead atoms. The van der Waals surface area contributed by atoms with E-state index < -0.39 is 5.91 Å². The normalized spacial score (nSPS) is 11.8. The number of carbonyl (C=O) groups is 1. The van der Waals surface area contributed by atoms with Crippen LogP contribution in [0.3, 0.4) is 0 Å². The van der Waals surface area contributed by atoms with E-state index in [2.05, 4.69) is 14.9 Å². The van der Waals surface area contributed by atoms with Crippen molar-refractivity contribution in [2.24, 2.45) is 0 Å². The molecule has 1 aromatic heterocycles. The van der Waals surface area contributed by atoms with Crippen molar-refractivity contribution in [1.82, 2.24) is 15.2 Å². The third kappa shape index (κ3) is 2.22. The second kappa shape index (κ2) is 4.41. The summed E-state index contributed by atoms with van der Waals surface area (Å²) >= 11 is 0. The topological polar surface area (TPSA) is 109 Å². The second-order valence-electron chi connectivity index (χ2n) is 3.13. The first-order valence-electron chi connectivity index (χ1n) is 4.30. The Balaban J connectivity index is 2.78. The fourth-order valence-electron chi connectivity index (χ4n) is 0.980. The number of hydrogen-bond acceptors (Lipinski definition) is 6. The van der Waals surface area contributed by atoms with E-state index in [4.69, 9.17) is 11.0 Å². The number of nitriles is 1.